The molecular formula is C58H42N4OPt-2. The standard InChI is InChI=1S/C58H42N4O.Pt/c1-39(2)44-32-33-59-56(35-44)62-53-31-28-45(41-17-7-4-8-18-41)34-52(53)51-30-29-48(37-55(51)62)63-47-24-14-23-46(36-47)60-38-61(57-40(3)16-13-27-54(57)60)58-49(42-19-9-5-10-20-42)25-15-26-50(58)43-21-11-6-12-22-43;/h4-35,39H,1-3H3;/q-2;/i5D,6D,9D,10D,11D,12D,19D,20D,21D,22D,39D;. The van der Waals surface area contributed by atoms with Gasteiger partial charge in [-0.05, 0) is 86.6 Å². The number of imidazole rings is 1. The minimum atomic E-state index is -0.878. The molecule has 0 saturated heterocycles. The van der Waals surface area contributed by atoms with Gasteiger partial charge < -0.3 is 13.9 Å². The van der Waals surface area contributed by atoms with Crippen LogP contribution in [-0.2, 0) is 21.1 Å². The molecule has 5 nitrogen and oxygen atoms in total. The first-order valence-electron chi connectivity index (χ1n) is 25.9. The van der Waals surface area contributed by atoms with E-state index in [2.05, 4.69) is 48.8 Å². The van der Waals surface area contributed by atoms with Crippen LogP contribution in [0.4, 0.5) is 0 Å². The van der Waals surface area contributed by atoms with E-state index in [4.69, 9.17) is 24.8 Å². The molecule has 0 aliphatic carbocycles. The quantitative estimate of drug-likeness (QED) is 0.107. The number of hydrogen-bond acceptors (Lipinski definition) is 2. The van der Waals surface area contributed by atoms with Crippen LogP contribution in [0.5, 0.6) is 11.5 Å². The molecule has 0 fully saturated rings. The number of benzene rings is 8. The summed E-state index contributed by atoms with van der Waals surface area (Å²) in [5.74, 6) is 0.463. The largest absolute Gasteiger partial charge is 0.510 e. The molecule has 312 valence electrons. The molecule has 0 saturated carbocycles. The predicted octanol–water partition coefficient (Wildman–Crippen LogP) is 14.0. The summed E-state index contributed by atoms with van der Waals surface area (Å²) in [6.45, 7) is 5.56. The Morgan fingerprint density at radius 1 is 0.641 bits per heavy atom. The number of fused-ring (bicyclic) bond motifs is 4. The van der Waals surface area contributed by atoms with Crippen molar-refractivity contribution in [3.63, 3.8) is 0 Å². The maximum atomic E-state index is 9.06. The van der Waals surface area contributed by atoms with Crippen molar-refractivity contribution in [3.05, 3.63) is 224 Å². The number of aryl methyl sites for hydroxylation is 1. The summed E-state index contributed by atoms with van der Waals surface area (Å²) in [7, 11) is 0. The van der Waals surface area contributed by atoms with Gasteiger partial charge in [0, 0.05) is 45.6 Å². The second-order valence-electron chi connectivity index (χ2n) is 15.3. The zero-order valence-corrected chi connectivity index (χ0v) is 37.0. The molecule has 0 aliphatic rings. The van der Waals surface area contributed by atoms with E-state index in [1.54, 1.807) is 45.7 Å². The van der Waals surface area contributed by atoms with Crippen LogP contribution in [0.3, 0.4) is 0 Å². The van der Waals surface area contributed by atoms with Gasteiger partial charge in [-0.15, -0.1) is 29.7 Å². The molecule has 0 unspecified atom stereocenters. The summed E-state index contributed by atoms with van der Waals surface area (Å²) in [6, 6.07) is 41.4. The molecule has 3 aromatic heterocycles. The number of ether oxygens (including phenoxy) is 1. The molecule has 6 heteroatoms. The molecule has 0 radical (unpaired) electrons. The molecule has 8 aromatic carbocycles. The Balaban J connectivity index is 0.00000641. The van der Waals surface area contributed by atoms with Crippen molar-refractivity contribution in [1.82, 2.24) is 14.1 Å². The minimum absolute atomic E-state index is 0. The molecule has 11 rings (SSSR count). The Hall–Kier alpha value is -7.33. The van der Waals surface area contributed by atoms with Crippen molar-refractivity contribution in [2.75, 3.05) is 0 Å². The zero-order valence-electron chi connectivity index (χ0n) is 45.7. The fourth-order valence-corrected chi connectivity index (χ4v) is 8.25. The van der Waals surface area contributed by atoms with Gasteiger partial charge in [-0.1, -0.05) is 159 Å². The Bertz CT molecular complexity index is 3990. The maximum Gasteiger partial charge on any atom is 0.268 e. The normalized spacial score (nSPS) is 14.0. The van der Waals surface area contributed by atoms with Crippen molar-refractivity contribution in [1.29, 1.82) is 0 Å². The van der Waals surface area contributed by atoms with Gasteiger partial charge in [0.05, 0.1) is 30.4 Å². The van der Waals surface area contributed by atoms with E-state index >= 15 is 0 Å². The van der Waals surface area contributed by atoms with Crippen LogP contribution in [-0.4, -0.2) is 14.1 Å². The van der Waals surface area contributed by atoms with Crippen LogP contribution in [0.1, 0.15) is 45.9 Å². The molecule has 0 N–H and O–H groups in total. The van der Waals surface area contributed by atoms with Crippen molar-refractivity contribution >= 4 is 32.8 Å². The van der Waals surface area contributed by atoms with Crippen LogP contribution < -0.4 is 9.30 Å². The second-order valence-corrected chi connectivity index (χ2v) is 15.3. The van der Waals surface area contributed by atoms with Crippen molar-refractivity contribution in [3.8, 4) is 62.1 Å². The first kappa shape index (κ1) is 29.9. The number of nitrogens with zero attached hydrogens (tertiary/aromatic N) is 4. The third-order valence-electron chi connectivity index (χ3n) is 11.2. The fraction of sp³-hybridized carbons (Fsp3) is 0.0690. The van der Waals surface area contributed by atoms with Crippen molar-refractivity contribution < 1.29 is 45.4 Å². The van der Waals surface area contributed by atoms with E-state index in [-0.39, 0.29) is 49.0 Å². The van der Waals surface area contributed by atoms with Gasteiger partial charge in [-0.3, -0.25) is 4.57 Å². The first-order chi connectivity index (χ1) is 35.4. The Labute approximate surface area is 403 Å². The Morgan fingerprint density at radius 3 is 2.08 bits per heavy atom. The van der Waals surface area contributed by atoms with Crippen molar-refractivity contribution in [2.45, 2.75) is 26.7 Å². The van der Waals surface area contributed by atoms with Crippen LogP contribution in [0, 0.1) is 25.4 Å². The second kappa shape index (κ2) is 17.1. The molecule has 64 heavy (non-hydrogen) atoms. The summed E-state index contributed by atoms with van der Waals surface area (Å²) in [5.41, 5.74) is 7.07. The molecule has 11 aromatic rings. The van der Waals surface area contributed by atoms with Gasteiger partial charge in [0.15, 0.2) is 0 Å². The molecule has 0 atom stereocenters. The van der Waals surface area contributed by atoms with Gasteiger partial charge in [-0.2, -0.15) is 18.2 Å². The van der Waals surface area contributed by atoms with E-state index in [1.165, 1.54) is 0 Å². The average Bonchev–Trinajstić information content (AvgIpc) is 3.95. The third kappa shape index (κ3) is 7.32. The smallest absolute Gasteiger partial charge is 0.268 e. The monoisotopic (exact) mass is 1020 g/mol. The average molecular weight is 1020 g/mol. The minimum Gasteiger partial charge on any atom is -0.510 e. The molecular weight excluding hydrogens is 964 g/mol. The molecule has 0 bridgehead atoms. The van der Waals surface area contributed by atoms with Crippen LogP contribution in [0.2, 0.25) is 0 Å². The predicted molar refractivity (Wildman–Crippen MR) is 255 cm³/mol. The topological polar surface area (TPSA) is 35.9 Å². The molecule has 3 heterocycles. The third-order valence-corrected chi connectivity index (χ3v) is 11.2. The van der Waals surface area contributed by atoms with E-state index in [9.17, 15) is 0 Å². The van der Waals surface area contributed by atoms with Gasteiger partial charge in [0.2, 0.25) is 0 Å². The summed E-state index contributed by atoms with van der Waals surface area (Å²) >= 11 is 0. The van der Waals surface area contributed by atoms with E-state index < -0.39 is 66.3 Å². The summed E-state index contributed by atoms with van der Waals surface area (Å²) < 4.78 is 108. The van der Waals surface area contributed by atoms with Gasteiger partial charge >= 0.3 is 0 Å². The zero-order chi connectivity index (χ0) is 52.1. The number of para-hydroxylation sites is 2. The Kier molecular flexibility index (Phi) is 7.98. The summed E-state index contributed by atoms with van der Waals surface area (Å²) in [4.78, 5) is 4.79. The van der Waals surface area contributed by atoms with E-state index in [1.807, 2.05) is 92.1 Å². The number of hydrogen-bond donors (Lipinski definition) is 0. The number of rotatable bonds is 9. The van der Waals surface area contributed by atoms with Crippen molar-refractivity contribution in [2.24, 2.45) is 0 Å². The number of aromatic nitrogens is 4. The van der Waals surface area contributed by atoms with Crippen LogP contribution in [0.25, 0.3) is 83.4 Å². The van der Waals surface area contributed by atoms with Gasteiger partial charge in [0.1, 0.15) is 5.82 Å². The molecule has 0 amide bonds. The first-order valence-corrected chi connectivity index (χ1v) is 20.4. The Morgan fingerprint density at radius 2 is 1.34 bits per heavy atom. The summed E-state index contributed by atoms with van der Waals surface area (Å²) in [6.07, 6.45) is 5.16. The van der Waals surface area contributed by atoms with Gasteiger partial charge in [0.25, 0.3) is 6.33 Å². The summed E-state index contributed by atoms with van der Waals surface area (Å²) in [5, 5.41) is 1.90. The SMILES string of the molecule is [2H]c1c([2H])c([2H])c(-c2cccc(-c3c([2H])c([2H])c([2H])c([2H])c3[2H])c2-[n+]2[c-]n(-c3[c-]c(Oc4[c-]c5c(cc4)c4cc(-c6ccccc6)ccc4n5-c4cc(C([2H])(C)C)ccn4)ccc3)c3cccc(C)c32)c([2H])c1[2H].[Pt]. The number of pyridine rings is 1. The van der Waals surface area contributed by atoms with Gasteiger partial charge in [-0.25, -0.2) is 4.98 Å². The maximum absolute atomic E-state index is 9.06. The van der Waals surface area contributed by atoms with Crippen LogP contribution in [0.15, 0.2) is 194 Å². The van der Waals surface area contributed by atoms with E-state index in [0.29, 0.717) is 39.6 Å². The molecule has 0 spiro atoms. The molecule has 0 aliphatic heterocycles. The van der Waals surface area contributed by atoms with Crippen LogP contribution >= 0.6 is 0 Å². The van der Waals surface area contributed by atoms with E-state index in [0.717, 1.165) is 38.5 Å². The fourth-order valence-electron chi connectivity index (χ4n) is 8.25.